The number of benzene rings is 1. The second kappa shape index (κ2) is 6.29. The van der Waals surface area contributed by atoms with Crippen LogP contribution in [0, 0.1) is 0 Å². The Balaban J connectivity index is 3.32. The number of rotatable bonds is 4. The number of ether oxygens (including phenoxy) is 3. The molecule has 0 saturated carbocycles. The molecule has 0 aromatic heterocycles. The number of alkyl halides is 4. The molecule has 1 atom stereocenters. The van der Waals surface area contributed by atoms with E-state index in [1.54, 1.807) is 12.1 Å². The van der Waals surface area contributed by atoms with E-state index in [9.17, 15) is 0 Å². The van der Waals surface area contributed by atoms with E-state index in [1.807, 2.05) is 0 Å². The third-order valence-corrected chi connectivity index (χ3v) is 3.84. The maximum absolute atomic E-state index is 6.09. The number of hydrogen-bond acceptors (Lipinski definition) is 3. The van der Waals surface area contributed by atoms with E-state index < -0.39 is 9.17 Å². The molecule has 0 amide bonds. The summed E-state index contributed by atoms with van der Waals surface area (Å²) in [5.41, 5.74) is 0.561. The van der Waals surface area contributed by atoms with Gasteiger partial charge < -0.3 is 14.2 Å². The molecule has 0 unspecified atom stereocenters. The van der Waals surface area contributed by atoms with Crippen molar-refractivity contribution in [3.05, 3.63) is 17.7 Å². The highest BCUT2D eigenvalue weighted by Gasteiger charge is 2.33. The van der Waals surface area contributed by atoms with Crippen LogP contribution in [0.1, 0.15) is 10.9 Å². The minimum Gasteiger partial charge on any atom is -0.493 e. The van der Waals surface area contributed by atoms with Crippen molar-refractivity contribution in [2.45, 2.75) is 9.17 Å². The van der Waals surface area contributed by atoms with E-state index in [-0.39, 0.29) is 0 Å². The molecule has 0 fully saturated rings. The first-order valence-electron chi connectivity index (χ1n) is 4.85. The van der Waals surface area contributed by atoms with Gasteiger partial charge in [-0.05, 0) is 17.7 Å². The molecule has 1 aromatic carbocycles. The van der Waals surface area contributed by atoms with E-state index >= 15 is 0 Å². The fraction of sp³-hybridized carbons (Fsp3) is 0.455. The van der Waals surface area contributed by atoms with E-state index in [1.165, 1.54) is 21.3 Å². The second-order valence-electron chi connectivity index (χ2n) is 3.36. The molecule has 0 saturated heterocycles. The van der Waals surface area contributed by atoms with Crippen LogP contribution >= 0.6 is 46.4 Å². The Kier molecular flexibility index (Phi) is 5.53. The van der Waals surface area contributed by atoms with Crippen LogP contribution in [0.3, 0.4) is 0 Å². The first-order chi connectivity index (χ1) is 8.35. The van der Waals surface area contributed by atoms with Gasteiger partial charge in [-0.3, -0.25) is 0 Å². The van der Waals surface area contributed by atoms with Crippen molar-refractivity contribution in [2.24, 2.45) is 0 Å². The molecule has 7 heteroatoms. The summed E-state index contributed by atoms with van der Waals surface area (Å²) in [6.07, 6.45) is 0. The third-order valence-electron chi connectivity index (χ3n) is 2.27. The van der Waals surface area contributed by atoms with E-state index in [4.69, 9.17) is 60.6 Å². The minimum absolute atomic E-state index is 0.451. The molecule has 1 rings (SSSR count). The summed E-state index contributed by atoms with van der Waals surface area (Å²) in [6.45, 7) is 0. The Hall–Kier alpha value is -0.220. The topological polar surface area (TPSA) is 27.7 Å². The van der Waals surface area contributed by atoms with Gasteiger partial charge in [0.25, 0.3) is 0 Å². The molecule has 1 aromatic rings. The maximum atomic E-state index is 6.09. The van der Waals surface area contributed by atoms with Crippen molar-refractivity contribution in [1.82, 2.24) is 0 Å². The molecule has 0 spiro atoms. The van der Waals surface area contributed by atoms with Crippen LogP contribution in [-0.4, -0.2) is 25.1 Å². The molecule has 0 N–H and O–H groups in total. The molecule has 18 heavy (non-hydrogen) atoms. The van der Waals surface area contributed by atoms with Crippen LogP contribution in [0.4, 0.5) is 0 Å². The van der Waals surface area contributed by atoms with E-state index in [2.05, 4.69) is 0 Å². The lowest BCUT2D eigenvalue weighted by atomic mass is 10.1. The Bertz CT molecular complexity index is 392. The van der Waals surface area contributed by atoms with Gasteiger partial charge in [0.1, 0.15) is 5.38 Å². The molecule has 0 aliphatic rings. The van der Waals surface area contributed by atoms with Gasteiger partial charge in [-0.2, -0.15) is 0 Å². The number of hydrogen-bond donors (Lipinski definition) is 0. The Morgan fingerprint density at radius 3 is 1.67 bits per heavy atom. The lowest BCUT2D eigenvalue weighted by Crippen LogP contribution is -2.12. The Labute approximate surface area is 126 Å². The lowest BCUT2D eigenvalue weighted by Gasteiger charge is -2.21. The van der Waals surface area contributed by atoms with Crippen molar-refractivity contribution in [3.63, 3.8) is 0 Å². The normalized spacial score (nSPS) is 13.1. The van der Waals surface area contributed by atoms with Gasteiger partial charge in [0.15, 0.2) is 11.5 Å². The molecule has 0 aliphatic carbocycles. The fourth-order valence-corrected chi connectivity index (χ4v) is 1.94. The highest BCUT2D eigenvalue weighted by molar-refractivity contribution is 6.70. The lowest BCUT2D eigenvalue weighted by molar-refractivity contribution is 0.323. The zero-order chi connectivity index (χ0) is 13.9. The summed E-state index contributed by atoms with van der Waals surface area (Å²) in [4.78, 5) is 0. The summed E-state index contributed by atoms with van der Waals surface area (Å²) in [5, 5.41) is -0.837. The van der Waals surface area contributed by atoms with Gasteiger partial charge in [-0.1, -0.05) is 34.8 Å². The van der Waals surface area contributed by atoms with Gasteiger partial charge >= 0.3 is 0 Å². The van der Waals surface area contributed by atoms with Gasteiger partial charge in [0.2, 0.25) is 9.54 Å². The molecule has 102 valence electrons. The van der Waals surface area contributed by atoms with Crippen molar-refractivity contribution in [1.29, 1.82) is 0 Å². The largest absolute Gasteiger partial charge is 0.493 e. The molecule has 0 bridgehead atoms. The summed E-state index contributed by atoms with van der Waals surface area (Å²) < 4.78 is 13.9. The Morgan fingerprint density at radius 1 is 0.944 bits per heavy atom. The van der Waals surface area contributed by atoms with Gasteiger partial charge in [0, 0.05) is 0 Å². The quantitative estimate of drug-likeness (QED) is 0.766. The summed E-state index contributed by atoms with van der Waals surface area (Å²) >= 11 is 23.4. The van der Waals surface area contributed by atoms with Crippen molar-refractivity contribution in [2.75, 3.05) is 21.3 Å². The zero-order valence-electron chi connectivity index (χ0n) is 9.97. The predicted molar refractivity (Wildman–Crippen MR) is 75.0 cm³/mol. The zero-order valence-corrected chi connectivity index (χ0v) is 13.0. The SMILES string of the molecule is COc1cc([C@H](Cl)C(Cl)(Cl)Cl)cc(OC)c1OC. The standard InChI is InChI=1S/C11H12Cl4O3/c1-16-7-4-6(10(12)11(13,14)15)5-8(17-2)9(7)18-3/h4-5,10H,1-3H3/t10-/m0/s1. The second-order valence-corrected chi connectivity index (χ2v) is 6.17. The highest BCUT2D eigenvalue weighted by Crippen LogP contribution is 2.48. The van der Waals surface area contributed by atoms with Crippen LogP contribution in [0.15, 0.2) is 12.1 Å². The molecular formula is C11H12Cl4O3. The smallest absolute Gasteiger partial charge is 0.210 e. The van der Waals surface area contributed by atoms with E-state index in [0.29, 0.717) is 22.8 Å². The van der Waals surface area contributed by atoms with Crippen molar-refractivity contribution < 1.29 is 14.2 Å². The van der Waals surface area contributed by atoms with E-state index in [0.717, 1.165) is 0 Å². The molecule has 0 heterocycles. The van der Waals surface area contributed by atoms with Crippen LogP contribution in [0.5, 0.6) is 17.2 Å². The van der Waals surface area contributed by atoms with Gasteiger partial charge in [-0.15, -0.1) is 11.6 Å². The average molecular weight is 334 g/mol. The summed E-state index contributed by atoms with van der Waals surface area (Å²) in [6, 6.07) is 3.28. The molecule has 0 radical (unpaired) electrons. The monoisotopic (exact) mass is 332 g/mol. The van der Waals surface area contributed by atoms with Crippen LogP contribution in [0.2, 0.25) is 0 Å². The summed E-state index contributed by atoms with van der Waals surface area (Å²) in [7, 11) is 4.51. The third kappa shape index (κ3) is 3.41. The average Bonchev–Trinajstić information content (AvgIpc) is 2.34. The first-order valence-corrected chi connectivity index (χ1v) is 6.42. The minimum atomic E-state index is -1.63. The first kappa shape index (κ1) is 15.8. The van der Waals surface area contributed by atoms with Crippen LogP contribution in [-0.2, 0) is 0 Å². The van der Waals surface area contributed by atoms with Gasteiger partial charge in [0.05, 0.1) is 21.3 Å². The fourth-order valence-electron chi connectivity index (χ4n) is 1.44. The van der Waals surface area contributed by atoms with Gasteiger partial charge in [-0.25, -0.2) is 0 Å². The summed E-state index contributed by atoms with van der Waals surface area (Å²) in [5.74, 6) is 1.36. The van der Waals surface area contributed by atoms with Crippen molar-refractivity contribution in [3.8, 4) is 17.2 Å². The number of halogens is 4. The van der Waals surface area contributed by atoms with Crippen LogP contribution in [0.25, 0.3) is 0 Å². The van der Waals surface area contributed by atoms with Crippen LogP contribution < -0.4 is 14.2 Å². The highest BCUT2D eigenvalue weighted by atomic mass is 35.6. The van der Waals surface area contributed by atoms with Crippen molar-refractivity contribution >= 4 is 46.4 Å². The molecule has 0 aliphatic heterocycles. The molecular weight excluding hydrogens is 322 g/mol. The Morgan fingerprint density at radius 2 is 1.39 bits per heavy atom. The predicted octanol–water partition coefficient (Wildman–Crippen LogP) is 4.36. The molecule has 3 nitrogen and oxygen atoms in total. The number of methoxy groups -OCH3 is 3. The maximum Gasteiger partial charge on any atom is 0.210 e.